The highest BCUT2D eigenvalue weighted by Gasteiger charge is 2.02. The number of nitrogens with one attached hydrogen (secondary N) is 2. The van der Waals surface area contributed by atoms with Crippen LogP contribution in [0.1, 0.15) is 40.0 Å². The van der Waals surface area contributed by atoms with Gasteiger partial charge in [0.15, 0.2) is 5.82 Å². The maximum atomic E-state index is 4.34. The molecule has 0 aromatic carbocycles. The molecule has 16 heavy (non-hydrogen) atoms. The van der Waals surface area contributed by atoms with E-state index in [1.807, 2.05) is 0 Å². The lowest BCUT2D eigenvalue weighted by atomic mass is 10.3. The molecule has 1 aromatic heterocycles. The fraction of sp³-hybridized carbons (Fsp3) is 0.727. The highest BCUT2D eigenvalue weighted by atomic mass is 15.3. The van der Waals surface area contributed by atoms with Crippen LogP contribution in [0.4, 0.5) is 11.8 Å². The van der Waals surface area contributed by atoms with Crippen LogP contribution in [-0.4, -0.2) is 27.8 Å². The van der Waals surface area contributed by atoms with Crippen LogP contribution in [0.3, 0.4) is 0 Å². The lowest BCUT2D eigenvalue weighted by Gasteiger charge is -2.12. The first-order valence-corrected chi connectivity index (χ1v) is 5.96. The highest BCUT2D eigenvalue weighted by molar-refractivity contribution is 5.37. The molecule has 1 heterocycles. The van der Waals surface area contributed by atoms with Gasteiger partial charge in [0, 0.05) is 12.6 Å². The number of anilines is 2. The topological polar surface area (TPSA) is 62.7 Å². The van der Waals surface area contributed by atoms with Gasteiger partial charge in [-0.15, -0.1) is 5.10 Å². The predicted molar refractivity (Wildman–Crippen MR) is 66.6 cm³/mol. The molecular formula is C11H21N5. The van der Waals surface area contributed by atoms with Crippen LogP contribution >= 0.6 is 0 Å². The molecule has 0 aliphatic rings. The van der Waals surface area contributed by atoms with E-state index < -0.39 is 0 Å². The Labute approximate surface area is 97.1 Å². The van der Waals surface area contributed by atoms with E-state index in [2.05, 4.69) is 46.6 Å². The monoisotopic (exact) mass is 223 g/mol. The smallest absolute Gasteiger partial charge is 0.244 e. The Morgan fingerprint density at radius 2 is 2.19 bits per heavy atom. The quantitative estimate of drug-likeness (QED) is 0.694. The van der Waals surface area contributed by atoms with Crippen molar-refractivity contribution < 1.29 is 0 Å². The molecule has 0 spiro atoms. The van der Waals surface area contributed by atoms with E-state index in [0.29, 0.717) is 12.0 Å². The predicted octanol–water partition coefficient (Wildman–Crippen LogP) is 2.29. The molecule has 0 saturated carbocycles. The number of rotatable bonds is 7. The number of aromatic nitrogens is 3. The van der Waals surface area contributed by atoms with Gasteiger partial charge in [0.2, 0.25) is 5.95 Å². The van der Waals surface area contributed by atoms with Gasteiger partial charge in [-0.2, -0.15) is 10.1 Å². The van der Waals surface area contributed by atoms with E-state index in [1.54, 1.807) is 6.20 Å². The Kier molecular flexibility index (Phi) is 5.53. The minimum absolute atomic E-state index is 0.403. The minimum Gasteiger partial charge on any atom is -0.366 e. The van der Waals surface area contributed by atoms with Gasteiger partial charge in [0.25, 0.3) is 0 Å². The standard InChI is InChI=1S/C11H21N5/c1-4-6-7-12-11-15-10(8-13-16-11)14-9(3)5-2/h8-9H,4-7H2,1-3H3,(H2,12,14,15,16). The molecule has 0 aliphatic carbocycles. The lowest BCUT2D eigenvalue weighted by molar-refractivity contribution is 0.754. The fourth-order valence-electron chi connectivity index (χ4n) is 1.18. The first-order chi connectivity index (χ1) is 7.76. The molecule has 5 heteroatoms. The van der Waals surface area contributed by atoms with Crippen molar-refractivity contribution in [2.75, 3.05) is 17.2 Å². The van der Waals surface area contributed by atoms with E-state index in [0.717, 1.165) is 31.6 Å². The van der Waals surface area contributed by atoms with Crippen molar-refractivity contribution in [1.82, 2.24) is 15.2 Å². The Bertz CT molecular complexity index is 302. The van der Waals surface area contributed by atoms with Crippen LogP contribution in [-0.2, 0) is 0 Å². The third kappa shape index (κ3) is 4.42. The van der Waals surface area contributed by atoms with Crippen LogP contribution in [0.5, 0.6) is 0 Å². The van der Waals surface area contributed by atoms with Crippen LogP contribution in [0.2, 0.25) is 0 Å². The molecule has 0 aliphatic heterocycles. The third-order valence-electron chi connectivity index (χ3n) is 2.38. The zero-order chi connectivity index (χ0) is 11.8. The maximum absolute atomic E-state index is 4.34. The summed E-state index contributed by atoms with van der Waals surface area (Å²) in [7, 11) is 0. The summed E-state index contributed by atoms with van der Waals surface area (Å²) in [5.74, 6) is 1.38. The summed E-state index contributed by atoms with van der Waals surface area (Å²) in [6.45, 7) is 7.30. The second-order valence-electron chi connectivity index (χ2n) is 3.90. The van der Waals surface area contributed by atoms with Crippen molar-refractivity contribution in [3.63, 3.8) is 0 Å². The van der Waals surface area contributed by atoms with Crippen LogP contribution in [0.15, 0.2) is 6.20 Å². The van der Waals surface area contributed by atoms with Gasteiger partial charge in [0.05, 0.1) is 6.20 Å². The van der Waals surface area contributed by atoms with E-state index in [-0.39, 0.29) is 0 Å². The second kappa shape index (κ2) is 6.98. The molecule has 1 atom stereocenters. The first-order valence-electron chi connectivity index (χ1n) is 5.96. The summed E-state index contributed by atoms with van der Waals surface area (Å²) < 4.78 is 0. The normalized spacial score (nSPS) is 12.2. The van der Waals surface area contributed by atoms with Crippen molar-refractivity contribution >= 4 is 11.8 Å². The Morgan fingerprint density at radius 1 is 1.38 bits per heavy atom. The molecule has 0 saturated heterocycles. The van der Waals surface area contributed by atoms with Crippen molar-refractivity contribution in [3.8, 4) is 0 Å². The number of nitrogens with zero attached hydrogens (tertiary/aromatic N) is 3. The van der Waals surface area contributed by atoms with Crippen LogP contribution in [0, 0.1) is 0 Å². The zero-order valence-electron chi connectivity index (χ0n) is 10.3. The van der Waals surface area contributed by atoms with Crippen molar-refractivity contribution in [2.24, 2.45) is 0 Å². The molecular weight excluding hydrogens is 202 g/mol. The van der Waals surface area contributed by atoms with Crippen molar-refractivity contribution in [2.45, 2.75) is 46.1 Å². The van der Waals surface area contributed by atoms with E-state index in [1.165, 1.54) is 0 Å². The summed E-state index contributed by atoms with van der Waals surface area (Å²) in [5, 5.41) is 14.3. The summed E-state index contributed by atoms with van der Waals surface area (Å²) in [4.78, 5) is 4.34. The SMILES string of the molecule is CCCCNc1nncc(NC(C)CC)n1. The van der Waals surface area contributed by atoms with E-state index in [4.69, 9.17) is 0 Å². The second-order valence-corrected chi connectivity index (χ2v) is 3.90. The fourth-order valence-corrected chi connectivity index (χ4v) is 1.18. The molecule has 0 amide bonds. The highest BCUT2D eigenvalue weighted by Crippen LogP contribution is 2.06. The number of hydrogen-bond acceptors (Lipinski definition) is 5. The van der Waals surface area contributed by atoms with E-state index >= 15 is 0 Å². The molecule has 2 N–H and O–H groups in total. The van der Waals surface area contributed by atoms with Gasteiger partial charge in [0.1, 0.15) is 0 Å². The van der Waals surface area contributed by atoms with E-state index in [9.17, 15) is 0 Å². The average Bonchev–Trinajstić information content (AvgIpc) is 2.30. The Morgan fingerprint density at radius 3 is 2.88 bits per heavy atom. The van der Waals surface area contributed by atoms with Gasteiger partial charge >= 0.3 is 0 Å². The lowest BCUT2D eigenvalue weighted by Crippen LogP contribution is -2.16. The summed E-state index contributed by atoms with van der Waals surface area (Å²) in [6, 6.07) is 0.403. The molecule has 5 nitrogen and oxygen atoms in total. The van der Waals surface area contributed by atoms with Gasteiger partial charge in [-0.3, -0.25) is 0 Å². The summed E-state index contributed by atoms with van der Waals surface area (Å²) in [6.07, 6.45) is 4.98. The van der Waals surface area contributed by atoms with Crippen molar-refractivity contribution in [1.29, 1.82) is 0 Å². The Hall–Kier alpha value is -1.39. The largest absolute Gasteiger partial charge is 0.366 e. The summed E-state index contributed by atoms with van der Waals surface area (Å²) in [5.41, 5.74) is 0. The van der Waals surface area contributed by atoms with Crippen molar-refractivity contribution in [3.05, 3.63) is 6.20 Å². The van der Waals surface area contributed by atoms with Crippen LogP contribution < -0.4 is 10.6 Å². The third-order valence-corrected chi connectivity index (χ3v) is 2.38. The maximum Gasteiger partial charge on any atom is 0.244 e. The molecule has 0 fully saturated rings. The molecule has 1 aromatic rings. The van der Waals surface area contributed by atoms with Crippen LogP contribution in [0.25, 0.3) is 0 Å². The summed E-state index contributed by atoms with van der Waals surface area (Å²) >= 11 is 0. The molecule has 90 valence electrons. The molecule has 1 rings (SSSR count). The first kappa shape index (κ1) is 12.7. The zero-order valence-corrected chi connectivity index (χ0v) is 10.3. The Balaban J connectivity index is 2.50. The number of unbranched alkanes of at least 4 members (excludes halogenated alkanes) is 1. The molecule has 1 unspecified atom stereocenters. The van der Waals surface area contributed by atoms with Gasteiger partial charge in [-0.05, 0) is 19.8 Å². The van der Waals surface area contributed by atoms with Gasteiger partial charge in [-0.25, -0.2) is 0 Å². The molecule has 0 radical (unpaired) electrons. The van der Waals surface area contributed by atoms with Gasteiger partial charge < -0.3 is 10.6 Å². The average molecular weight is 223 g/mol. The van der Waals surface area contributed by atoms with Gasteiger partial charge in [-0.1, -0.05) is 20.3 Å². The number of hydrogen-bond donors (Lipinski definition) is 2. The molecule has 0 bridgehead atoms. The minimum atomic E-state index is 0.403.